The van der Waals surface area contributed by atoms with E-state index in [0.717, 1.165) is 17.5 Å². The molecule has 0 unspecified atom stereocenters. The summed E-state index contributed by atoms with van der Waals surface area (Å²) in [6, 6.07) is 15.5. The topological polar surface area (TPSA) is 86.8 Å². The standard InChI is InChI=1S/C26H37N3O4S/c1-6-21(3)27-26(31)22(4)29(19-23-13-10-12-20(2)18-23)25(30)16-11-17-28(5)34(32,33)24-14-8-7-9-15-24/h7-10,12-15,18,21-22H,6,11,16-17,19H2,1-5H3,(H,27,31)/t21-,22+/m0/s1. The molecule has 2 atom stereocenters. The third-order valence-electron chi connectivity index (χ3n) is 5.92. The summed E-state index contributed by atoms with van der Waals surface area (Å²) in [6.45, 7) is 8.16. The van der Waals surface area contributed by atoms with Gasteiger partial charge in [-0.3, -0.25) is 9.59 Å². The Bertz CT molecular complexity index is 1060. The first-order valence-corrected chi connectivity index (χ1v) is 13.2. The number of aryl methyl sites for hydroxylation is 1. The van der Waals surface area contributed by atoms with Gasteiger partial charge in [-0.2, -0.15) is 0 Å². The lowest BCUT2D eigenvalue weighted by Gasteiger charge is -2.30. The minimum absolute atomic E-state index is 0.0164. The molecule has 1 N–H and O–H groups in total. The van der Waals surface area contributed by atoms with Crippen molar-refractivity contribution in [1.82, 2.24) is 14.5 Å². The fourth-order valence-corrected chi connectivity index (χ4v) is 4.77. The van der Waals surface area contributed by atoms with Gasteiger partial charge in [0.1, 0.15) is 6.04 Å². The Morgan fingerprint density at radius 3 is 2.32 bits per heavy atom. The molecule has 2 aromatic carbocycles. The van der Waals surface area contributed by atoms with E-state index in [0.29, 0.717) is 13.0 Å². The average Bonchev–Trinajstić information content (AvgIpc) is 2.82. The molecule has 8 heteroatoms. The van der Waals surface area contributed by atoms with Crippen molar-refractivity contribution in [2.45, 2.75) is 70.5 Å². The fraction of sp³-hybridized carbons (Fsp3) is 0.462. The van der Waals surface area contributed by atoms with Gasteiger partial charge >= 0.3 is 0 Å². The maximum atomic E-state index is 13.2. The summed E-state index contributed by atoms with van der Waals surface area (Å²) < 4.78 is 26.7. The quantitative estimate of drug-likeness (QED) is 0.494. The smallest absolute Gasteiger partial charge is 0.242 e. The number of carbonyl (C=O) groups is 2. The zero-order valence-corrected chi connectivity index (χ0v) is 21.6. The average molecular weight is 488 g/mol. The number of amides is 2. The number of nitrogens with one attached hydrogen (secondary N) is 1. The molecule has 0 saturated carbocycles. The zero-order valence-electron chi connectivity index (χ0n) is 20.8. The minimum Gasteiger partial charge on any atom is -0.352 e. The Morgan fingerprint density at radius 1 is 1.03 bits per heavy atom. The van der Waals surface area contributed by atoms with Crippen LogP contribution < -0.4 is 5.32 Å². The van der Waals surface area contributed by atoms with E-state index in [-0.39, 0.29) is 35.7 Å². The predicted molar refractivity (Wildman–Crippen MR) is 135 cm³/mol. The lowest BCUT2D eigenvalue weighted by molar-refractivity contribution is -0.141. The van der Waals surface area contributed by atoms with Crippen LogP contribution in [0.3, 0.4) is 0 Å². The van der Waals surface area contributed by atoms with Crippen molar-refractivity contribution in [3.63, 3.8) is 0 Å². The third kappa shape index (κ3) is 7.67. The van der Waals surface area contributed by atoms with Crippen molar-refractivity contribution in [3.8, 4) is 0 Å². The minimum atomic E-state index is -3.61. The summed E-state index contributed by atoms with van der Waals surface area (Å²) in [5.74, 6) is -0.377. The second-order valence-corrected chi connectivity index (χ2v) is 10.8. The van der Waals surface area contributed by atoms with Gasteiger partial charge in [-0.05, 0) is 51.3 Å². The molecule has 7 nitrogen and oxygen atoms in total. The van der Waals surface area contributed by atoms with E-state index in [1.807, 2.05) is 45.0 Å². The van der Waals surface area contributed by atoms with Crippen LogP contribution in [0.1, 0.15) is 51.2 Å². The summed E-state index contributed by atoms with van der Waals surface area (Å²) in [6.07, 6.45) is 1.29. The number of rotatable bonds is 12. The molecular weight excluding hydrogens is 450 g/mol. The lowest BCUT2D eigenvalue weighted by atomic mass is 10.1. The van der Waals surface area contributed by atoms with Crippen molar-refractivity contribution < 1.29 is 18.0 Å². The van der Waals surface area contributed by atoms with Crippen LogP contribution in [0.2, 0.25) is 0 Å². The van der Waals surface area contributed by atoms with Crippen LogP contribution in [0.4, 0.5) is 0 Å². The molecule has 34 heavy (non-hydrogen) atoms. The molecule has 0 spiro atoms. The molecule has 0 bridgehead atoms. The highest BCUT2D eigenvalue weighted by molar-refractivity contribution is 7.89. The lowest BCUT2D eigenvalue weighted by Crippen LogP contribution is -2.49. The van der Waals surface area contributed by atoms with E-state index in [2.05, 4.69) is 5.32 Å². The molecule has 0 aliphatic rings. The molecule has 0 saturated heterocycles. The molecule has 0 aliphatic carbocycles. The van der Waals surface area contributed by atoms with Crippen LogP contribution in [-0.4, -0.2) is 55.1 Å². The van der Waals surface area contributed by atoms with E-state index >= 15 is 0 Å². The van der Waals surface area contributed by atoms with Gasteiger partial charge in [-0.25, -0.2) is 12.7 Å². The molecular formula is C26H37N3O4S. The van der Waals surface area contributed by atoms with Gasteiger partial charge in [0.05, 0.1) is 4.90 Å². The molecule has 2 aromatic rings. The van der Waals surface area contributed by atoms with Gasteiger partial charge in [0, 0.05) is 32.6 Å². The predicted octanol–water partition coefficient (Wildman–Crippen LogP) is 3.73. The number of hydrogen-bond acceptors (Lipinski definition) is 4. The molecule has 2 amide bonds. The first-order valence-electron chi connectivity index (χ1n) is 11.7. The Morgan fingerprint density at radius 2 is 1.71 bits per heavy atom. The highest BCUT2D eigenvalue weighted by atomic mass is 32.2. The largest absolute Gasteiger partial charge is 0.352 e. The van der Waals surface area contributed by atoms with Gasteiger partial charge < -0.3 is 10.2 Å². The summed E-state index contributed by atoms with van der Waals surface area (Å²) in [4.78, 5) is 27.8. The van der Waals surface area contributed by atoms with Gasteiger partial charge in [0.25, 0.3) is 0 Å². The first-order chi connectivity index (χ1) is 16.1. The van der Waals surface area contributed by atoms with Crippen molar-refractivity contribution in [2.75, 3.05) is 13.6 Å². The molecule has 0 aromatic heterocycles. The summed E-state index contributed by atoms with van der Waals surface area (Å²) in [7, 11) is -2.10. The van der Waals surface area contributed by atoms with Gasteiger partial charge in [-0.15, -0.1) is 0 Å². The van der Waals surface area contributed by atoms with Crippen molar-refractivity contribution >= 4 is 21.8 Å². The van der Waals surface area contributed by atoms with E-state index in [9.17, 15) is 18.0 Å². The van der Waals surface area contributed by atoms with Crippen LogP contribution in [0.5, 0.6) is 0 Å². The maximum absolute atomic E-state index is 13.2. The van der Waals surface area contributed by atoms with Crippen LogP contribution in [0.25, 0.3) is 0 Å². The molecule has 186 valence electrons. The molecule has 0 aliphatic heterocycles. The van der Waals surface area contributed by atoms with E-state index < -0.39 is 16.1 Å². The Hall–Kier alpha value is -2.71. The van der Waals surface area contributed by atoms with Crippen LogP contribution in [-0.2, 0) is 26.2 Å². The normalized spacial score (nSPS) is 13.4. The van der Waals surface area contributed by atoms with Gasteiger partial charge in [0.2, 0.25) is 21.8 Å². The number of carbonyl (C=O) groups excluding carboxylic acids is 2. The van der Waals surface area contributed by atoms with E-state index in [1.54, 1.807) is 42.2 Å². The summed E-state index contributed by atoms with van der Waals surface area (Å²) in [5.41, 5.74) is 2.02. The molecule has 0 radical (unpaired) electrons. The SMILES string of the molecule is CC[C@H](C)NC(=O)[C@@H](C)N(Cc1cccc(C)c1)C(=O)CCCN(C)S(=O)(=O)c1ccccc1. The molecule has 2 rings (SSSR count). The van der Waals surface area contributed by atoms with E-state index in [4.69, 9.17) is 0 Å². The molecule has 0 heterocycles. The third-order valence-corrected chi connectivity index (χ3v) is 7.79. The number of hydrogen-bond donors (Lipinski definition) is 1. The number of nitrogens with zero attached hydrogens (tertiary/aromatic N) is 2. The Balaban J connectivity index is 2.09. The van der Waals surface area contributed by atoms with Crippen molar-refractivity contribution in [3.05, 3.63) is 65.7 Å². The monoisotopic (exact) mass is 487 g/mol. The second kappa shape index (κ2) is 12.7. The molecule has 0 fully saturated rings. The second-order valence-electron chi connectivity index (χ2n) is 8.75. The van der Waals surface area contributed by atoms with Crippen molar-refractivity contribution in [2.24, 2.45) is 0 Å². The van der Waals surface area contributed by atoms with E-state index in [1.165, 1.54) is 11.4 Å². The summed E-state index contributed by atoms with van der Waals surface area (Å²) in [5, 5.41) is 2.95. The Kier molecular flexibility index (Phi) is 10.3. The van der Waals surface area contributed by atoms with Crippen LogP contribution >= 0.6 is 0 Å². The first kappa shape index (κ1) is 27.5. The zero-order chi connectivity index (χ0) is 25.3. The number of sulfonamides is 1. The van der Waals surface area contributed by atoms with Gasteiger partial charge in [0.15, 0.2) is 0 Å². The number of benzene rings is 2. The van der Waals surface area contributed by atoms with Gasteiger partial charge in [-0.1, -0.05) is 55.0 Å². The fourth-order valence-electron chi connectivity index (χ4n) is 3.54. The summed E-state index contributed by atoms with van der Waals surface area (Å²) >= 11 is 0. The van der Waals surface area contributed by atoms with Crippen molar-refractivity contribution in [1.29, 1.82) is 0 Å². The maximum Gasteiger partial charge on any atom is 0.242 e. The Labute approximate surface area is 204 Å². The van der Waals surface area contributed by atoms with Crippen LogP contribution in [0, 0.1) is 6.92 Å². The highest BCUT2D eigenvalue weighted by Crippen LogP contribution is 2.16. The highest BCUT2D eigenvalue weighted by Gasteiger charge is 2.27. The van der Waals surface area contributed by atoms with Crippen LogP contribution in [0.15, 0.2) is 59.5 Å².